The van der Waals surface area contributed by atoms with Crippen LogP contribution < -0.4 is 14.8 Å². The zero-order valence-electron chi connectivity index (χ0n) is 19.6. The summed E-state index contributed by atoms with van der Waals surface area (Å²) in [6.07, 6.45) is 3.55. The van der Waals surface area contributed by atoms with Gasteiger partial charge in [-0.15, -0.1) is 0 Å². The van der Waals surface area contributed by atoms with Crippen LogP contribution in [0.5, 0.6) is 5.75 Å². The van der Waals surface area contributed by atoms with E-state index in [9.17, 15) is 13.2 Å². The van der Waals surface area contributed by atoms with Gasteiger partial charge in [0.25, 0.3) is 15.9 Å². The van der Waals surface area contributed by atoms with Crippen LogP contribution in [0.2, 0.25) is 0 Å². The Hall–Kier alpha value is -4.11. The smallest absolute Gasteiger partial charge is 0.262 e. The second-order valence-electron chi connectivity index (χ2n) is 8.14. The van der Waals surface area contributed by atoms with Crippen molar-refractivity contribution >= 4 is 27.3 Å². The van der Waals surface area contributed by atoms with Crippen LogP contribution in [0, 0.1) is 13.8 Å². The second-order valence-corrected chi connectivity index (χ2v) is 9.79. The van der Waals surface area contributed by atoms with Gasteiger partial charge in [0.2, 0.25) is 0 Å². The summed E-state index contributed by atoms with van der Waals surface area (Å²) >= 11 is 0. The van der Waals surface area contributed by atoms with E-state index in [0.717, 1.165) is 11.4 Å². The average molecular weight is 491 g/mol. The van der Waals surface area contributed by atoms with Gasteiger partial charge in [-0.2, -0.15) is 0 Å². The number of hydrogen-bond donors (Lipinski definition) is 2. The molecule has 0 saturated carbocycles. The van der Waals surface area contributed by atoms with Gasteiger partial charge in [0.15, 0.2) is 0 Å². The van der Waals surface area contributed by atoms with Crippen molar-refractivity contribution in [1.82, 2.24) is 9.55 Å². The number of anilines is 2. The van der Waals surface area contributed by atoms with Crippen LogP contribution in [-0.4, -0.2) is 23.9 Å². The number of imidazole rings is 1. The van der Waals surface area contributed by atoms with Gasteiger partial charge in [-0.3, -0.25) is 9.52 Å². The highest BCUT2D eigenvalue weighted by molar-refractivity contribution is 7.92. The number of aryl methyl sites for hydroxylation is 3. The van der Waals surface area contributed by atoms with Crippen molar-refractivity contribution in [3.05, 3.63) is 102 Å². The number of carbonyl (C=O) groups excluding carboxylic acids is 1. The Labute approximate surface area is 204 Å². The third kappa shape index (κ3) is 5.70. The number of benzene rings is 3. The summed E-state index contributed by atoms with van der Waals surface area (Å²) in [5.74, 6) is 0.987. The van der Waals surface area contributed by atoms with Gasteiger partial charge < -0.3 is 14.6 Å². The van der Waals surface area contributed by atoms with Gasteiger partial charge in [0.05, 0.1) is 16.1 Å². The Morgan fingerprint density at radius 2 is 1.77 bits per heavy atom. The number of rotatable bonds is 8. The van der Waals surface area contributed by atoms with Gasteiger partial charge in [0, 0.05) is 25.1 Å². The van der Waals surface area contributed by atoms with Gasteiger partial charge in [-0.1, -0.05) is 24.3 Å². The SMILES string of the molecule is Cc1ccc(C)c(S(=O)(=O)Nc2ccccc2C(=O)Nc2ccc(OCc3nccn3C)cc2)c1. The van der Waals surface area contributed by atoms with Gasteiger partial charge in [0.1, 0.15) is 18.2 Å². The molecule has 0 unspecified atom stereocenters. The van der Waals surface area contributed by atoms with Crippen molar-refractivity contribution in [1.29, 1.82) is 0 Å². The number of nitrogens with one attached hydrogen (secondary N) is 2. The molecule has 180 valence electrons. The molecule has 9 heteroatoms. The summed E-state index contributed by atoms with van der Waals surface area (Å²) in [5.41, 5.74) is 2.40. The molecule has 1 amide bonds. The summed E-state index contributed by atoms with van der Waals surface area (Å²) in [5, 5.41) is 2.80. The van der Waals surface area contributed by atoms with E-state index in [1.807, 2.05) is 30.8 Å². The second kappa shape index (κ2) is 10.0. The Bertz CT molecular complexity index is 1460. The van der Waals surface area contributed by atoms with E-state index in [2.05, 4.69) is 15.0 Å². The molecule has 8 nitrogen and oxygen atoms in total. The number of ether oxygens (including phenoxy) is 1. The quantitative estimate of drug-likeness (QED) is 0.374. The van der Waals surface area contributed by atoms with Crippen molar-refractivity contribution in [2.24, 2.45) is 7.05 Å². The Balaban J connectivity index is 1.47. The fraction of sp³-hybridized carbons (Fsp3) is 0.154. The number of sulfonamides is 1. The number of nitrogens with zero attached hydrogens (tertiary/aromatic N) is 2. The Morgan fingerprint density at radius 3 is 2.49 bits per heavy atom. The first-order chi connectivity index (χ1) is 16.7. The number of aromatic nitrogens is 2. The molecule has 0 fully saturated rings. The number of hydrogen-bond acceptors (Lipinski definition) is 5. The van der Waals surface area contributed by atoms with Crippen LogP contribution in [0.25, 0.3) is 0 Å². The number of para-hydroxylation sites is 1. The first kappa shape index (κ1) is 24.0. The molecule has 1 aromatic heterocycles. The topological polar surface area (TPSA) is 102 Å². The van der Waals surface area contributed by atoms with Crippen LogP contribution in [0.1, 0.15) is 27.3 Å². The lowest BCUT2D eigenvalue weighted by Crippen LogP contribution is -2.19. The number of amides is 1. The van der Waals surface area contributed by atoms with E-state index in [4.69, 9.17) is 4.74 Å². The lowest BCUT2D eigenvalue weighted by molar-refractivity contribution is 0.102. The molecule has 4 rings (SSSR count). The lowest BCUT2D eigenvalue weighted by Gasteiger charge is -2.14. The minimum atomic E-state index is -3.88. The van der Waals surface area contributed by atoms with Crippen molar-refractivity contribution in [2.75, 3.05) is 10.0 Å². The zero-order chi connectivity index (χ0) is 25.0. The van der Waals surface area contributed by atoms with Crippen molar-refractivity contribution in [3.8, 4) is 5.75 Å². The van der Waals surface area contributed by atoms with Crippen LogP contribution >= 0.6 is 0 Å². The van der Waals surface area contributed by atoms with Crippen molar-refractivity contribution < 1.29 is 17.9 Å². The minimum absolute atomic E-state index is 0.175. The van der Waals surface area contributed by atoms with E-state index in [1.165, 1.54) is 0 Å². The summed E-state index contributed by atoms with van der Waals surface area (Å²) in [7, 11) is -1.99. The maximum Gasteiger partial charge on any atom is 0.262 e. The molecule has 0 atom stereocenters. The van der Waals surface area contributed by atoms with Gasteiger partial charge in [-0.25, -0.2) is 13.4 Å². The van der Waals surface area contributed by atoms with Crippen LogP contribution in [0.4, 0.5) is 11.4 Å². The third-order valence-corrected chi connectivity index (χ3v) is 6.96. The Kier molecular flexibility index (Phi) is 6.88. The fourth-order valence-corrected chi connectivity index (χ4v) is 4.89. The lowest BCUT2D eigenvalue weighted by atomic mass is 10.1. The molecule has 0 aliphatic rings. The average Bonchev–Trinajstić information content (AvgIpc) is 3.24. The third-order valence-electron chi connectivity index (χ3n) is 5.45. The molecule has 0 saturated heterocycles. The van der Waals surface area contributed by atoms with Gasteiger partial charge >= 0.3 is 0 Å². The minimum Gasteiger partial charge on any atom is -0.486 e. The molecular formula is C26H26N4O4S. The predicted octanol–water partition coefficient (Wildman–Crippen LogP) is 4.67. The van der Waals surface area contributed by atoms with E-state index >= 15 is 0 Å². The van der Waals surface area contributed by atoms with E-state index in [0.29, 0.717) is 23.6 Å². The monoisotopic (exact) mass is 490 g/mol. The molecule has 0 spiro atoms. The maximum absolute atomic E-state index is 13.1. The summed E-state index contributed by atoms with van der Waals surface area (Å²) in [4.78, 5) is 17.4. The molecule has 3 aromatic carbocycles. The molecule has 0 radical (unpaired) electrons. The van der Waals surface area contributed by atoms with Crippen LogP contribution in [-0.2, 0) is 23.7 Å². The molecule has 1 heterocycles. The normalized spacial score (nSPS) is 11.2. The van der Waals surface area contributed by atoms with Crippen LogP contribution in [0.3, 0.4) is 0 Å². The molecule has 0 bridgehead atoms. The summed E-state index contributed by atoms with van der Waals surface area (Å²) in [6.45, 7) is 3.88. The van der Waals surface area contributed by atoms with Crippen molar-refractivity contribution in [2.45, 2.75) is 25.3 Å². The highest BCUT2D eigenvalue weighted by atomic mass is 32.2. The molecule has 0 aliphatic heterocycles. The molecule has 0 aliphatic carbocycles. The molecular weight excluding hydrogens is 464 g/mol. The van der Waals surface area contributed by atoms with Gasteiger partial charge in [-0.05, 0) is 67.4 Å². The van der Waals surface area contributed by atoms with E-state index < -0.39 is 15.9 Å². The predicted molar refractivity (Wildman–Crippen MR) is 135 cm³/mol. The van der Waals surface area contributed by atoms with Crippen molar-refractivity contribution in [3.63, 3.8) is 0 Å². The van der Waals surface area contributed by atoms with E-state index in [-0.39, 0.29) is 16.1 Å². The number of carbonyl (C=O) groups is 1. The standard InChI is InChI=1S/C26H26N4O4S/c1-18-8-9-19(2)24(16-18)35(32,33)29-23-7-5-4-6-22(23)26(31)28-20-10-12-21(13-11-20)34-17-25-27-14-15-30(25)3/h4-16,29H,17H2,1-3H3,(H,28,31). The molecule has 2 N–H and O–H groups in total. The maximum atomic E-state index is 13.1. The molecule has 4 aromatic rings. The van der Waals surface area contributed by atoms with E-state index in [1.54, 1.807) is 73.8 Å². The summed E-state index contributed by atoms with van der Waals surface area (Å²) in [6, 6.07) is 18.6. The highest BCUT2D eigenvalue weighted by Gasteiger charge is 2.20. The highest BCUT2D eigenvalue weighted by Crippen LogP contribution is 2.24. The summed E-state index contributed by atoms with van der Waals surface area (Å²) < 4.78 is 36.3. The Morgan fingerprint density at radius 1 is 1.03 bits per heavy atom. The molecule has 35 heavy (non-hydrogen) atoms. The first-order valence-corrected chi connectivity index (χ1v) is 12.4. The fourth-order valence-electron chi connectivity index (χ4n) is 3.48. The van der Waals surface area contributed by atoms with Crippen LogP contribution in [0.15, 0.2) is 84.0 Å². The largest absolute Gasteiger partial charge is 0.486 e. The first-order valence-electron chi connectivity index (χ1n) is 10.9. The zero-order valence-corrected chi connectivity index (χ0v) is 20.5.